The van der Waals surface area contributed by atoms with Gasteiger partial charge >= 0.3 is 6.09 Å². The van der Waals surface area contributed by atoms with Crippen LogP contribution in [0.4, 0.5) is 4.79 Å². The molecule has 1 fully saturated rings. The number of benzene rings is 1. The minimum absolute atomic E-state index is 0.463. The molecule has 0 spiro atoms. The van der Waals surface area contributed by atoms with E-state index in [4.69, 9.17) is 10.4 Å². The molecule has 1 amide bonds. The van der Waals surface area contributed by atoms with Gasteiger partial charge in [-0.15, -0.1) is 0 Å². The van der Waals surface area contributed by atoms with Gasteiger partial charge in [0.05, 0.1) is 11.8 Å². The molecule has 0 unspecified atom stereocenters. The first kappa shape index (κ1) is 13.0. The molecule has 1 aliphatic rings. The Morgan fingerprint density at radius 3 is 2.26 bits per heavy atom. The monoisotopic (exact) mass is 257 g/mol. The van der Waals surface area contributed by atoms with Gasteiger partial charge in [0.25, 0.3) is 0 Å². The van der Waals surface area contributed by atoms with E-state index in [9.17, 15) is 4.79 Å². The van der Waals surface area contributed by atoms with Gasteiger partial charge in [0.1, 0.15) is 0 Å². The molecule has 2 rings (SSSR count). The number of amides is 1. The number of nitriles is 1. The Labute approximate surface area is 112 Å². The zero-order valence-electron chi connectivity index (χ0n) is 10.5. The molecule has 1 heterocycles. The SMILES string of the molecule is N#CC=C(c1ccccc1)N1CCN(C(=O)O)CC1. The Kier molecular flexibility index (Phi) is 4.04. The van der Waals surface area contributed by atoms with E-state index in [0.29, 0.717) is 26.2 Å². The van der Waals surface area contributed by atoms with Gasteiger partial charge < -0.3 is 14.9 Å². The predicted octanol–water partition coefficient (Wildman–Crippen LogP) is 1.85. The van der Waals surface area contributed by atoms with E-state index in [1.165, 1.54) is 11.0 Å². The van der Waals surface area contributed by atoms with Crippen molar-refractivity contribution in [2.45, 2.75) is 0 Å². The van der Waals surface area contributed by atoms with Crippen LogP contribution >= 0.6 is 0 Å². The third-order valence-electron chi connectivity index (χ3n) is 3.16. The Morgan fingerprint density at radius 1 is 1.16 bits per heavy atom. The first-order chi connectivity index (χ1) is 9.22. The molecule has 5 heteroatoms. The number of hydrogen-bond donors (Lipinski definition) is 1. The summed E-state index contributed by atoms with van der Waals surface area (Å²) in [6.45, 7) is 2.14. The largest absolute Gasteiger partial charge is 0.465 e. The standard InChI is InChI=1S/C14H15N3O2/c15-7-6-13(12-4-2-1-3-5-12)16-8-10-17(11-9-16)14(18)19/h1-6H,8-11H2,(H,18,19). The van der Waals surface area contributed by atoms with E-state index in [1.807, 2.05) is 30.3 Å². The quantitative estimate of drug-likeness (QED) is 0.821. The Balaban J connectivity index is 2.13. The average Bonchev–Trinajstić information content (AvgIpc) is 2.46. The second-order valence-corrected chi connectivity index (χ2v) is 4.28. The second kappa shape index (κ2) is 5.91. The molecule has 0 aliphatic carbocycles. The molecule has 0 aromatic heterocycles. The molecule has 1 saturated heterocycles. The highest BCUT2D eigenvalue weighted by molar-refractivity contribution is 5.67. The molecular weight excluding hydrogens is 242 g/mol. The van der Waals surface area contributed by atoms with E-state index >= 15 is 0 Å². The number of allylic oxidation sites excluding steroid dienone is 1. The van der Waals surface area contributed by atoms with Crippen molar-refractivity contribution in [3.63, 3.8) is 0 Å². The van der Waals surface area contributed by atoms with Gasteiger partial charge in [-0.2, -0.15) is 5.26 Å². The Bertz CT molecular complexity index is 511. The fourth-order valence-electron chi connectivity index (χ4n) is 2.17. The van der Waals surface area contributed by atoms with Crippen LogP contribution in [0.15, 0.2) is 36.4 Å². The lowest BCUT2D eigenvalue weighted by Crippen LogP contribution is -2.47. The second-order valence-electron chi connectivity index (χ2n) is 4.28. The zero-order valence-corrected chi connectivity index (χ0v) is 10.5. The van der Waals surface area contributed by atoms with Crippen LogP contribution in [0.2, 0.25) is 0 Å². The smallest absolute Gasteiger partial charge is 0.407 e. The topological polar surface area (TPSA) is 67.6 Å². The summed E-state index contributed by atoms with van der Waals surface area (Å²) in [5, 5.41) is 17.8. The summed E-state index contributed by atoms with van der Waals surface area (Å²) in [7, 11) is 0. The molecule has 1 aromatic carbocycles. The van der Waals surface area contributed by atoms with Crippen LogP contribution in [-0.2, 0) is 0 Å². The molecule has 1 aromatic rings. The van der Waals surface area contributed by atoms with Crippen LogP contribution in [-0.4, -0.2) is 47.2 Å². The lowest BCUT2D eigenvalue weighted by Gasteiger charge is -2.35. The summed E-state index contributed by atoms with van der Waals surface area (Å²) >= 11 is 0. The van der Waals surface area contributed by atoms with Crippen LogP contribution in [0.1, 0.15) is 5.56 Å². The summed E-state index contributed by atoms with van der Waals surface area (Å²) in [6.07, 6.45) is 0.636. The molecule has 0 saturated carbocycles. The number of carboxylic acid groups (broad SMARTS) is 1. The fraction of sp³-hybridized carbons (Fsp3) is 0.286. The van der Waals surface area contributed by atoms with Crippen LogP contribution in [0.3, 0.4) is 0 Å². The predicted molar refractivity (Wildman–Crippen MR) is 71.2 cm³/mol. The molecule has 1 aliphatic heterocycles. The van der Waals surface area contributed by atoms with E-state index in [2.05, 4.69) is 11.0 Å². The van der Waals surface area contributed by atoms with Crippen LogP contribution in [0.25, 0.3) is 5.70 Å². The van der Waals surface area contributed by atoms with Gasteiger partial charge in [-0.3, -0.25) is 0 Å². The van der Waals surface area contributed by atoms with Gasteiger partial charge in [-0.05, 0) is 5.56 Å². The van der Waals surface area contributed by atoms with Crippen molar-refractivity contribution in [3.05, 3.63) is 42.0 Å². The summed E-state index contributed by atoms with van der Waals surface area (Å²) in [5.74, 6) is 0. The molecular formula is C14H15N3O2. The van der Waals surface area contributed by atoms with E-state index in [-0.39, 0.29) is 0 Å². The number of nitrogens with zero attached hydrogens (tertiary/aromatic N) is 3. The molecule has 0 radical (unpaired) electrons. The molecule has 1 N–H and O–H groups in total. The number of rotatable bonds is 2. The van der Waals surface area contributed by atoms with Gasteiger partial charge in [-0.25, -0.2) is 4.79 Å². The number of hydrogen-bond acceptors (Lipinski definition) is 3. The molecule has 0 bridgehead atoms. The lowest BCUT2D eigenvalue weighted by molar-refractivity contribution is 0.122. The highest BCUT2D eigenvalue weighted by Crippen LogP contribution is 2.20. The van der Waals surface area contributed by atoms with Crippen LogP contribution < -0.4 is 0 Å². The lowest BCUT2D eigenvalue weighted by atomic mass is 10.1. The minimum Gasteiger partial charge on any atom is -0.465 e. The minimum atomic E-state index is -0.884. The summed E-state index contributed by atoms with van der Waals surface area (Å²) in [4.78, 5) is 14.3. The fourth-order valence-corrected chi connectivity index (χ4v) is 2.17. The van der Waals surface area contributed by atoms with Crippen molar-refractivity contribution >= 4 is 11.8 Å². The highest BCUT2D eigenvalue weighted by atomic mass is 16.4. The van der Waals surface area contributed by atoms with Crippen LogP contribution in [0, 0.1) is 11.3 Å². The normalized spacial score (nSPS) is 16.1. The molecule has 19 heavy (non-hydrogen) atoms. The first-order valence-corrected chi connectivity index (χ1v) is 6.10. The Hall–Kier alpha value is -2.48. The average molecular weight is 257 g/mol. The third-order valence-corrected chi connectivity index (χ3v) is 3.16. The molecule has 98 valence electrons. The van der Waals surface area contributed by atoms with Crippen molar-refractivity contribution in [2.24, 2.45) is 0 Å². The Morgan fingerprint density at radius 2 is 1.74 bits per heavy atom. The van der Waals surface area contributed by atoms with Crippen molar-refractivity contribution in [1.29, 1.82) is 5.26 Å². The number of piperazine rings is 1. The number of carbonyl (C=O) groups is 1. The highest BCUT2D eigenvalue weighted by Gasteiger charge is 2.22. The van der Waals surface area contributed by atoms with Crippen molar-refractivity contribution in [3.8, 4) is 6.07 Å². The zero-order chi connectivity index (χ0) is 13.7. The van der Waals surface area contributed by atoms with Gasteiger partial charge in [-0.1, -0.05) is 30.3 Å². The van der Waals surface area contributed by atoms with Gasteiger partial charge in [0.15, 0.2) is 0 Å². The van der Waals surface area contributed by atoms with E-state index in [0.717, 1.165) is 11.3 Å². The molecule has 0 atom stereocenters. The first-order valence-electron chi connectivity index (χ1n) is 6.10. The summed E-state index contributed by atoms with van der Waals surface area (Å²) in [6, 6.07) is 11.7. The van der Waals surface area contributed by atoms with Crippen molar-refractivity contribution in [2.75, 3.05) is 26.2 Å². The maximum absolute atomic E-state index is 10.9. The summed E-state index contributed by atoms with van der Waals surface area (Å²) < 4.78 is 0. The van der Waals surface area contributed by atoms with E-state index < -0.39 is 6.09 Å². The van der Waals surface area contributed by atoms with Gasteiger partial charge in [0, 0.05) is 32.3 Å². The molecule has 5 nitrogen and oxygen atoms in total. The van der Waals surface area contributed by atoms with Gasteiger partial charge in [0.2, 0.25) is 0 Å². The van der Waals surface area contributed by atoms with Crippen molar-refractivity contribution in [1.82, 2.24) is 9.80 Å². The maximum atomic E-state index is 10.9. The summed E-state index contributed by atoms with van der Waals surface area (Å²) in [5.41, 5.74) is 1.83. The van der Waals surface area contributed by atoms with Crippen molar-refractivity contribution < 1.29 is 9.90 Å². The maximum Gasteiger partial charge on any atom is 0.407 e. The van der Waals surface area contributed by atoms with E-state index in [1.54, 1.807) is 0 Å². The third kappa shape index (κ3) is 3.05. The van der Waals surface area contributed by atoms with Crippen LogP contribution in [0.5, 0.6) is 0 Å².